The minimum atomic E-state index is -0.452. The van der Waals surface area contributed by atoms with Crippen LogP contribution in [-0.2, 0) is 0 Å². The summed E-state index contributed by atoms with van der Waals surface area (Å²) in [5.41, 5.74) is 4.21. The Morgan fingerprint density at radius 2 is 1.83 bits per heavy atom. The number of rotatable bonds is 6. The number of nitro benzene ring substituents is 1. The van der Waals surface area contributed by atoms with Crippen molar-refractivity contribution in [2.24, 2.45) is 5.10 Å². The normalized spacial score (nSPS) is 10.6. The van der Waals surface area contributed by atoms with Crippen molar-refractivity contribution in [1.82, 2.24) is 0 Å². The van der Waals surface area contributed by atoms with Gasteiger partial charge in [0.15, 0.2) is 0 Å². The molecule has 0 spiro atoms. The zero-order chi connectivity index (χ0) is 16.8. The molecule has 0 saturated carbocycles. The van der Waals surface area contributed by atoms with Gasteiger partial charge >= 0.3 is 0 Å². The van der Waals surface area contributed by atoms with Gasteiger partial charge in [0, 0.05) is 23.8 Å². The third kappa shape index (κ3) is 4.19. The Kier molecular flexibility index (Phi) is 5.53. The molecule has 0 heterocycles. The molecule has 0 atom stereocenters. The number of nitrogens with one attached hydrogen (secondary N) is 1. The first-order valence-corrected chi connectivity index (χ1v) is 7.29. The first-order chi connectivity index (χ1) is 11.0. The van der Waals surface area contributed by atoms with Gasteiger partial charge in [-0.2, -0.15) is 5.10 Å². The Morgan fingerprint density at radius 3 is 2.39 bits per heavy atom. The molecule has 0 aliphatic heterocycles. The molecule has 120 valence electrons. The van der Waals surface area contributed by atoms with Crippen molar-refractivity contribution in [2.45, 2.75) is 0 Å². The lowest BCUT2D eigenvalue weighted by atomic mass is 10.2. The van der Waals surface area contributed by atoms with Crippen molar-refractivity contribution < 1.29 is 14.4 Å². The maximum absolute atomic E-state index is 10.6. The first kappa shape index (κ1) is 16.8. The van der Waals surface area contributed by atoms with Crippen LogP contribution >= 0.6 is 15.9 Å². The third-order valence-corrected chi connectivity index (χ3v) is 3.60. The molecule has 8 heteroatoms. The van der Waals surface area contributed by atoms with Gasteiger partial charge in [0.05, 0.1) is 35.5 Å². The zero-order valence-corrected chi connectivity index (χ0v) is 14.0. The number of hydrogen-bond donors (Lipinski definition) is 1. The van der Waals surface area contributed by atoms with Crippen LogP contribution in [0.25, 0.3) is 0 Å². The molecule has 2 rings (SSSR count). The van der Waals surface area contributed by atoms with Gasteiger partial charge < -0.3 is 9.47 Å². The number of anilines is 1. The van der Waals surface area contributed by atoms with Crippen LogP contribution in [0.3, 0.4) is 0 Å². The number of nitro groups is 1. The number of non-ortho nitro benzene ring substituents is 1. The van der Waals surface area contributed by atoms with Crippen LogP contribution in [0.5, 0.6) is 11.5 Å². The highest BCUT2D eigenvalue weighted by molar-refractivity contribution is 9.10. The van der Waals surface area contributed by atoms with E-state index in [-0.39, 0.29) is 5.69 Å². The topological polar surface area (TPSA) is 86.0 Å². The molecular weight excluding hydrogens is 366 g/mol. The minimum absolute atomic E-state index is 0.0280. The van der Waals surface area contributed by atoms with Gasteiger partial charge in [-0.1, -0.05) is 0 Å². The number of halogens is 1. The predicted molar refractivity (Wildman–Crippen MR) is 91.6 cm³/mol. The summed E-state index contributed by atoms with van der Waals surface area (Å²) in [4.78, 5) is 10.1. The number of hydrazone groups is 1. The summed E-state index contributed by atoms with van der Waals surface area (Å²) >= 11 is 3.40. The van der Waals surface area contributed by atoms with Crippen LogP contribution in [-0.4, -0.2) is 25.4 Å². The van der Waals surface area contributed by atoms with E-state index < -0.39 is 4.92 Å². The van der Waals surface area contributed by atoms with E-state index in [2.05, 4.69) is 26.5 Å². The van der Waals surface area contributed by atoms with Gasteiger partial charge in [0.25, 0.3) is 5.69 Å². The van der Waals surface area contributed by atoms with Gasteiger partial charge in [0.2, 0.25) is 0 Å². The molecular formula is C15H14BrN3O4. The molecule has 0 amide bonds. The SMILES string of the molecule is COc1cc(OC)c(/C=N/Nc2ccc([N+](=O)[O-])cc2)cc1Br. The molecule has 0 aliphatic rings. The van der Waals surface area contributed by atoms with Crippen molar-refractivity contribution in [2.75, 3.05) is 19.6 Å². The minimum Gasteiger partial charge on any atom is -0.496 e. The van der Waals surface area contributed by atoms with E-state index in [4.69, 9.17) is 9.47 Å². The van der Waals surface area contributed by atoms with Crippen LogP contribution in [0.2, 0.25) is 0 Å². The van der Waals surface area contributed by atoms with E-state index in [1.165, 1.54) is 12.1 Å². The lowest BCUT2D eigenvalue weighted by Gasteiger charge is -2.09. The van der Waals surface area contributed by atoms with Gasteiger partial charge in [-0.05, 0) is 34.1 Å². The number of methoxy groups -OCH3 is 2. The summed E-state index contributed by atoms with van der Waals surface area (Å²) in [6, 6.07) is 9.54. The second-order valence-electron chi connectivity index (χ2n) is 4.40. The summed E-state index contributed by atoms with van der Waals surface area (Å²) in [5.74, 6) is 1.27. The average molecular weight is 380 g/mol. The molecule has 0 fully saturated rings. The van der Waals surface area contributed by atoms with Crippen LogP contribution in [0, 0.1) is 10.1 Å². The highest BCUT2D eigenvalue weighted by atomic mass is 79.9. The van der Waals surface area contributed by atoms with Gasteiger partial charge in [-0.15, -0.1) is 0 Å². The van der Waals surface area contributed by atoms with E-state index in [9.17, 15) is 10.1 Å². The lowest BCUT2D eigenvalue weighted by molar-refractivity contribution is -0.384. The summed E-state index contributed by atoms with van der Waals surface area (Å²) in [5, 5.41) is 14.7. The Balaban J connectivity index is 2.13. The monoisotopic (exact) mass is 379 g/mol. The molecule has 2 aromatic carbocycles. The summed E-state index contributed by atoms with van der Waals surface area (Å²) < 4.78 is 11.3. The largest absolute Gasteiger partial charge is 0.496 e. The second-order valence-corrected chi connectivity index (χ2v) is 5.26. The van der Waals surface area contributed by atoms with Crippen molar-refractivity contribution in [3.8, 4) is 11.5 Å². The van der Waals surface area contributed by atoms with Gasteiger partial charge in [-0.3, -0.25) is 15.5 Å². The third-order valence-electron chi connectivity index (χ3n) is 2.98. The van der Waals surface area contributed by atoms with Gasteiger partial charge in [0.1, 0.15) is 11.5 Å². The number of nitrogens with zero attached hydrogens (tertiary/aromatic N) is 2. The van der Waals surface area contributed by atoms with Crippen molar-refractivity contribution in [3.63, 3.8) is 0 Å². The fourth-order valence-electron chi connectivity index (χ4n) is 1.82. The number of benzene rings is 2. The van der Waals surface area contributed by atoms with Crippen LogP contribution in [0.1, 0.15) is 5.56 Å². The maximum Gasteiger partial charge on any atom is 0.269 e. The standard InChI is InChI=1S/C15H14BrN3O4/c1-22-14-8-15(23-2)13(16)7-10(14)9-17-18-11-3-5-12(6-4-11)19(20)21/h3-9,18H,1-2H3/b17-9+. The van der Waals surface area contributed by atoms with Gasteiger partial charge in [-0.25, -0.2) is 0 Å². The molecule has 7 nitrogen and oxygen atoms in total. The van der Waals surface area contributed by atoms with Crippen molar-refractivity contribution in [1.29, 1.82) is 0 Å². The van der Waals surface area contributed by atoms with Crippen LogP contribution in [0.15, 0.2) is 46.0 Å². The van der Waals surface area contributed by atoms with Crippen molar-refractivity contribution >= 4 is 33.5 Å². The Hall–Kier alpha value is -2.61. The molecule has 0 unspecified atom stereocenters. The van der Waals surface area contributed by atoms with Crippen LogP contribution in [0.4, 0.5) is 11.4 Å². The quantitative estimate of drug-likeness (QED) is 0.468. The fraction of sp³-hybridized carbons (Fsp3) is 0.133. The van der Waals surface area contributed by atoms with E-state index in [0.717, 1.165) is 10.0 Å². The first-order valence-electron chi connectivity index (χ1n) is 6.50. The molecule has 0 aliphatic carbocycles. The highest BCUT2D eigenvalue weighted by Crippen LogP contribution is 2.32. The smallest absolute Gasteiger partial charge is 0.269 e. The zero-order valence-electron chi connectivity index (χ0n) is 12.4. The number of hydrogen-bond acceptors (Lipinski definition) is 6. The molecule has 0 saturated heterocycles. The second kappa shape index (κ2) is 7.59. The predicted octanol–water partition coefficient (Wildman–Crippen LogP) is 3.82. The molecule has 23 heavy (non-hydrogen) atoms. The van der Waals surface area contributed by atoms with Crippen LogP contribution < -0.4 is 14.9 Å². The fourth-order valence-corrected chi connectivity index (χ4v) is 2.34. The molecule has 0 bridgehead atoms. The lowest BCUT2D eigenvalue weighted by Crippen LogP contribution is -1.96. The Morgan fingerprint density at radius 1 is 1.17 bits per heavy atom. The molecule has 0 radical (unpaired) electrons. The van der Waals surface area contributed by atoms with Crippen molar-refractivity contribution in [3.05, 3.63) is 56.5 Å². The van der Waals surface area contributed by atoms with E-state index in [0.29, 0.717) is 17.2 Å². The summed E-state index contributed by atoms with van der Waals surface area (Å²) in [6.07, 6.45) is 1.59. The summed E-state index contributed by atoms with van der Waals surface area (Å²) in [6.45, 7) is 0. The summed E-state index contributed by atoms with van der Waals surface area (Å²) in [7, 11) is 3.13. The highest BCUT2D eigenvalue weighted by Gasteiger charge is 2.08. The van der Waals surface area contributed by atoms with E-state index in [1.54, 1.807) is 38.6 Å². The maximum atomic E-state index is 10.6. The average Bonchev–Trinajstić information content (AvgIpc) is 2.55. The molecule has 0 aromatic heterocycles. The van der Waals surface area contributed by atoms with E-state index in [1.807, 2.05) is 6.07 Å². The molecule has 2 aromatic rings. The van der Waals surface area contributed by atoms with E-state index >= 15 is 0 Å². The molecule has 1 N–H and O–H groups in total. The Bertz CT molecular complexity index is 732. The number of ether oxygens (including phenoxy) is 2. The Labute approximate surface area is 141 Å².